The molecular weight excluding hydrogens is 304 g/mol. The highest BCUT2D eigenvalue weighted by Gasteiger charge is 2.31. The zero-order valence-electron chi connectivity index (χ0n) is 13.6. The summed E-state index contributed by atoms with van der Waals surface area (Å²) in [6.07, 6.45) is 4.03. The van der Waals surface area contributed by atoms with Gasteiger partial charge in [0, 0.05) is 32.2 Å². The monoisotopic (exact) mass is 326 g/mol. The Kier molecular flexibility index (Phi) is 4.17. The summed E-state index contributed by atoms with van der Waals surface area (Å²) in [5.74, 6) is 0. The molecule has 2 aliphatic rings. The van der Waals surface area contributed by atoms with Gasteiger partial charge in [-0.15, -0.1) is 0 Å². The Balaban J connectivity index is 1.40. The fraction of sp³-hybridized carbons (Fsp3) is 0.471. The predicted molar refractivity (Wildman–Crippen MR) is 89.8 cm³/mol. The van der Waals surface area contributed by atoms with Gasteiger partial charge in [-0.3, -0.25) is 4.90 Å². The van der Waals surface area contributed by atoms with E-state index in [1.807, 2.05) is 41.4 Å². The number of urea groups is 1. The zero-order chi connectivity index (χ0) is 16.4. The van der Waals surface area contributed by atoms with Crippen LogP contribution in [0.25, 0.3) is 5.69 Å². The first-order valence-corrected chi connectivity index (χ1v) is 8.53. The predicted octanol–water partition coefficient (Wildman–Crippen LogP) is 1.26. The van der Waals surface area contributed by atoms with Gasteiger partial charge >= 0.3 is 6.03 Å². The van der Waals surface area contributed by atoms with Crippen molar-refractivity contribution in [1.82, 2.24) is 30.1 Å². The number of nitrogens with zero attached hydrogens (tertiary/aromatic N) is 5. The molecule has 4 rings (SSSR count). The lowest BCUT2D eigenvalue weighted by Gasteiger charge is -2.36. The van der Waals surface area contributed by atoms with Gasteiger partial charge in [-0.05, 0) is 31.5 Å². The van der Waals surface area contributed by atoms with E-state index in [4.69, 9.17) is 0 Å². The minimum Gasteiger partial charge on any atom is -0.336 e. The highest BCUT2D eigenvalue weighted by atomic mass is 16.2. The van der Waals surface area contributed by atoms with Crippen LogP contribution in [-0.4, -0.2) is 63.0 Å². The smallest absolute Gasteiger partial charge is 0.317 e. The SMILES string of the molecule is O=C1NCCN1[C@H]1CCCN(Cc2cnn(-c3ccccc3)n2)C1. The molecule has 0 bridgehead atoms. The summed E-state index contributed by atoms with van der Waals surface area (Å²) in [5, 5.41) is 11.8. The zero-order valence-corrected chi connectivity index (χ0v) is 13.6. The van der Waals surface area contributed by atoms with Crippen LogP contribution in [0, 0.1) is 0 Å². The van der Waals surface area contributed by atoms with Gasteiger partial charge in [-0.2, -0.15) is 15.0 Å². The van der Waals surface area contributed by atoms with Crippen molar-refractivity contribution >= 4 is 6.03 Å². The normalized spacial score (nSPS) is 21.9. The van der Waals surface area contributed by atoms with Crippen molar-refractivity contribution in [3.05, 3.63) is 42.2 Å². The molecule has 1 aromatic carbocycles. The molecule has 2 amide bonds. The lowest BCUT2D eigenvalue weighted by Crippen LogP contribution is -2.48. The lowest BCUT2D eigenvalue weighted by atomic mass is 10.0. The molecule has 1 N–H and O–H groups in total. The number of aromatic nitrogens is 3. The van der Waals surface area contributed by atoms with Crippen LogP contribution < -0.4 is 5.32 Å². The standard InChI is InChI=1S/C17H22N6O/c24-17-18-8-10-22(17)16-7-4-9-21(13-16)12-14-11-19-23(20-14)15-5-2-1-3-6-15/h1-3,5-6,11,16H,4,7-10,12-13H2,(H,18,24)/t16-/m0/s1. The molecule has 1 atom stereocenters. The molecule has 126 valence electrons. The maximum atomic E-state index is 11.9. The number of para-hydroxylation sites is 1. The van der Waals surface area contributed by atoms with Crippen molar-refractivity contribution in [3.8, 4) is 5.69 Å². The van der Waals surface area contributed by atoms with Crippen LogP contribution in [0.15, 0.2) is 36.5 Å². The van der Waals surface area contributed by atoms with E-state index in [0.29, 0.717) is 6.04 Å². The Bertz CT molecular complexity index is 700. The van der Waals surface area contributed by atoms with Gasteiger partial charge in [-0.25, -0.2) is 4.79 Å². The van der Waals surface area contributed by atoms with E-state index in [-0.39, 0.29) is 6.03 Å². The maximum absolute atomic E-state index is 11.9. The Hall–Kier alpha value is -2.41. The number of carbonyl (C=O) groups is 1. The van der Waals surface area contributed by atoms with Crippen molar-refractivity contribution < 1.29 is 4.79 Å². The Morgan fingerprint density at radius 2 is 2.08 bits per heavy atom. The number of nitrogens with one attached hydrogen (secondary N) is 1. The highest BCUT2D eigenvalue weighted by molar-refractivity contribution is 5.76. The van der Waals surface area contributed by atoms with Gasteiger partial charge in [0.15, 0.2) is 0 Å². The summed E-state index contributed by atoms with van der Waals surface area (Å²) >= 11 is 0. The Morgan fingerprint density at radius 3 is 2.88 bits per heavy atom. The van der Waals surface area contributed by atoms with Crippen LogP contribution in [0.1, 0.15) is 18.5 Å². The fourth-order valence-corrected chi connectivity index (χ4v) is 3.55. The molecule has 0 unspecified atom stereocenters. The van der Waals surface area contributed by atoms with Gasteiger partial charge in [0.25, 0.3) is 0 Å². The molecule has 2 aromatic rings. The molecule has 24 heavy (non-hydrogen) atoms. The molecule has 7 heteroatoms. The van der Waals surface area contributed by atoms with Crippen molar-refractivity contribution in [2.45, 2.75) is 25.4 Å². The molecular formula is C17H22N6O. The Labute approximate surface area is 141 Å². The van der Waals surface area contributed by atoms with Crippen LogP contribution in [0.3, 0.4) is 0 Å². The number of rotatable bonds is 4. The van der Waals surface area contributed by atoms with Crippen LogP contribution in [-0.2, 0) is 6.54 Å². The van der Waals surface area contributed by atoms with E-state index in [0.717, 1.165) is 56.9 Å². The van der Waals surface area contributed by atoms with Gasteiger partial charge < -0.3 is 10.2 Å². The molecule has 2 aliphatic heterocycles. The number of hydrogen-bond acceptors (Lipinski definition) is 4. The van der Waals surface area contributed by atoms with Crippen molar-refractivity contribution in [2.24, 2.45) is 0 Å². The van der Waals surface area contributed by atoms with Gasteiger partial charge in [0.1, 0.15) is 0 Å². The largest absolute Gasteiger partial charge is 0.336 e. The number of hydrogen-bond donors (Lipinski definition) is 1. The quantitative estimate of drug-likeness (QED) is 0.918. The second-order valence-electron chi connectivity index (χ2n) is 6.42. The van der Waals surface area contributed by atoms with Crippen LogP contribution in [0.2, 0.25) is 0 Å². The van der Waals surface area contributed by atoms with E-state index in [1.54, 1.807) is 4.80 Å². The number of carbonyl (C=O) groups excluding carboxylic acids is 1. The number of piperidine rings is 1. The molecule has 3 heterocycles. The second kappa shape index (κ2) is 6.60. The van der Waals surface area contributed by atoms with Gasteiger partial charge in [-0.1, -0.05) is 18.2 Å². The molecule has 1 aromatic heterocycles. The average Bonchev–Trinajstić information content (AvgIpc) is 3.25. The minimum absolute atomic E-state index is 0.0804. The Morgan fingerprint density at radius 1 is 1.21 bits per heavy atom. The van der Waals surface area contributed by atoms with Gasteiger partial charge in [0.05, 0.1) is 17.6 Å². The van der Waals surface area contributed by atoms with E-state index in [1.165, 1.54) is 0 Å². The van der Waals surface area contributed by atoms with E-state index >= 15 is 0 Å². The number of likely N-dealkylation sites (tertiary alicyclic amines) is 1. The fourth-order valence-electron chi connectivity index (χ4n) is 3.55. The second-order valence-corrected chi connectivity index (χ2v) is 6.42. The van der Waals surface area contributed by atoms with E-state index in [9.17, 15) is 4.79 Å². The van der Waals surface area contributed by atoms with E-state index < -0.39 is 0 Å². The molecule has 0 spiro atoms. The van der Waals surface area contributed by atoms with Crippen LogP contribution >= 0.6 is 0 Å². The third kappa shape index (κ3) is 3.12. The highest BCUT2D eigenvalue weighted by Crippen LogP contribution is 2.19. The maximum Gasteiger partial charge on any atom is 0.317 e. The van der Waals surface area contributed by atoms with Crippen molar-refractivity contribution in [3.63, 3.8) is 0 Å². The molecule has 0 aliphatic carbocycles. The molecule has 2 saturated heterocycles. The first kappa shape index (κ1) is 15.1. The van der Waals surface area contributed by atoms with E-state index in [2.05, 4.69) is 20.4 Å². The van der Waals surface area contributed by atoms with Crippen LogP contribution in [0.4, 0.5) is 4.79 Å². The number of benzene rings is 1. The van der Waals surface area contributed by atoms with Crippen molar-refractivity contribution in [2.75, 3.05) is 26.2 Å². The summed E-state index contributed by atoms with van der Waals surface area (Å²) in [7, 11) is 0. The first-order chi connectivity index (χ1) is 11.8. The third-order valence-electron chi connectivity index (χ3n) is 4.72. The number of amides is 2. The summed E-state index contributed by atoms with van der Waals surface area (Å²) in [5.41, 5.74) is 1.93. The lowest BCUT2D eigenvalue weighted by molar-refractivity contribution is 0.121. The molecule has 0 saturated carbocycles. The average molecular weight is 326 g/mol. The molecule has 2 fully saturated rings. The minimum atomic E-state index is 0.0804. The summed E-state index contributed by atoms with van der Waals surface area (Å²) < 4.78 is 0. The van der Waals surface area contributed by atoms with Crippen LogP contribution in [0.5, 0.6) is 0 Å². The first-order valence-electron chi connectivity index (χ1n) is 8.53. The summed E-state index contributed by atoms with van der Waals surface area (Å²) in [4.78, 5) is 17.9. The molecule has 7 nitrogen and oxygen atoms in total. The summed E-state index contributed by atoms with van der Waals surface area (Å²) in [6.45, 7) is 4.32. The van der Waals surface area contributed by atoms with Crippen molar-refractivity contribution in [1.29, 1.82) is 0 Å². The third-order valence-corrected chi connectivity index (χ3v) is 4.72. The van der Waals surface area contributed by atoms with Gasteiger partial charge in [0.2, 0.25) is 0 Å². The molecule has 0 radical (unpaired) electrons. The topological polar surface area (TPSA) is 66.3 Å². The summed E-state index contributed by atoms with van der Waals surface area (Å²) in [6, 6.07) is 10.3.